The van der Waals surface area contributed by atoms with Crippen LogP contribution < -0.4 is 0 Å². The Balaban J connectivity index is 2.14. The van der Waals surface area contributed by atoms with Gasteiger partial charge in [0.2, 0.25) is 0 Å². The first-order valence-electron chi connectivity index (χ1n) is 5.12. The zero-order valence-corrected chi connectivity index (χ0v) is 9.30. The Morgan fingerprint density at radius 2 is 2.29 bits per heavy atom. The molecule has 0 aliphatic rings. The van der Waals surface area contributed by atoms with Crippen LogP contribution in [0.2, 0.25) is 0 Å². The number of rotatable bonds is 3. The van der Waals surface area contributed by atoms with Crippen LogP contribution >= 0.6 is 0 Å². The van der Waals surface area contributed by atoms with Gasteiger partial charge in [-0.05, 0) is 24.3 Å². The smallest absolute Gasteiger partial charge is 0.185 e. The molecule has 2 rings (SSSR count). The molecule has 0 radical (unpaired) electrons. The molecule has 0 fully saturated rings. The van der Waals surface area contributed by atoms with E-state index >= 15 is 0 Å². The Morgan fingerprint density at radius 3 is 2.94 bits per heavy atom. The number of hydrogen-bond donors (Lipinski definition) is 0. The Bertz CT molecular complexity index is 572. The fourth-order valence-corrected chi connectivity index (χ4v) is 1.44. The van der Waals surface area contributed by atoms with Crippen LogP contribution in [-0.4, -0.2) is 15.6 Å². The summed E-state index contributed by atoms with van der Waals surface area (Å²) in [7, 11) is 1.80. The van der Waals surface area contributed by atoms with Gasteiger partial charge in [-0.2, -0.15) is 5.10 Å². The first kappa shape index (κ1) is 11.3. The van der Waals surface area contributed by atoms with Gasteiger partial charge in [-0.25, -0.2) is 4.39 Å². The number of aromatic nitrogens is 2. The first-order valence-corrected chi connectivity index (χ1v) is 5.12. The minimum Gasteiger partial charge on any atom is -0.289 e. The summed E-state index contributed by atoms with van der Waals surface area (Å²) < 4.78 is 14.5. The molecule has 86 valence electrons. The third-order valence-electron chi connectivity index (χ3n) is 2.26. The molecule has 0 saturated heterocycles. The van der Waals surface area contributed by atoms with Gasteiger partial charge in [0.15, 0.2) is 5.78 Å². The zero-order chi connectivity index (χ0) is 12.3. The number of carbonyl (C=O) groups excluding carboxylic acids is 1. The summed E-state index contributed by atoms with van der Waals surface area (Å²) >= 11 is 0. The monoisotopic (exact) mass is 230 g/mol. The maximum absolute atomic E-state index is 12.9. The topological polar surface area (TPSA) is 34.9 Å². The molecule has 0 bridgehead atoms. The molecule has 4 heteroatoms. The zero-order valence-electron chi connectivity index (χ0n) is 9.30. The van der Waals surface area contributed by atoms with E-state index in [4.69, 9.17) is 0 Å². The molecule has 3 nitrogen and oxygen atoms in total. The lowest BCUT2D eigenvalue weighted by molar-refractivity contribution is 0.104. The Morgan fingerprint density at radius 1 is 1.47 bits per heavy atom. The first-order chi connectivity index (χ1) is 8.15. The Hall–Kier alpha value is -2.23. The highest BCUT2D eigenvalue weighted by Crippen LogP contribution is 2.07. The highest BCUT2D eigenvalue weighted by molar-refractivity contribution is 6.06. The van der Waals surface area contributed by atoms with Crippen molar-refractivity contribution in [3.63, 3.8) is 0 Å². The number of hydrogen-bond acceptors (Lipinski definition) is 2. The van der Waals surface area contributed by atoms with E-state index in [-0.39, 0.29) is 5.78 Å². The average Bonchev–Trinajstić information content (AvgIpc) is 2.72. The van der Waals surface area contributed by atoms with Crippen molar-refractivity contribution < 1.29 is 9.18 Å². The highest BCUT2D eigenvalue weighted by atomic mass is 19.1. The van der Waals surface area contributed by atoms with Gasteiger partial charge in [-0.1, -0.05) is 12.1 Å². The third kappa shape index (κ3) is 2.87. The van der Waals surface area contributed by atoms with Crippen molar-refractivity contribution in [3.05, 3.63) is 59.7 Å². The van der Waals surface area contributed by atoms with Crippen molar-refractivity contribution in [2.45, 2.75) is 0 Å². The fourth-order valence-electron chi connectivity index (χ4n) is 1.44. The van der Waals surface area contributed by atoms with Gasteiger partial charge in [-0.15, -0.1) is 0 Å². The maximum atomic E-state index is 12.9. The minimum atomic E-state index is -0.411. The molecule has 0 unspecified atom stereocenters. The molecule has 1 aromatic carbocycles. The van der Waals surface area contributed by atoms with Gasteiger partial charge in [0, 0.05) is 24.4 Å². The van der Waals surface area contributed by atoms with Crippen LogP contribution in [0.3, 0.4) is 0 Å². The second-order valence-electron chi connectivity index (χ2n) is 3.66. The summed E-state index contributed by atoms with van der Waals surface area (Å²) in [6, 6.07) is 5.62. The Kier molecular flexibility index (Phi) is 3.14. The minimum absolute atomic E-state index is 0.228. The van der Waals surface area contributed by atoms with Gasteiger partial charge < -0.3 is 0 Å². The molecular weight excluding hydrogens is 219 g/mol. The summed E-state index contributed by atoms with van der Waals surface area (Å²) in [6.07, 6.45) is 6.50. The van der Waals surface area contributed by atoms with E-state index in [0.717, 1.165) is 5.56 Å². The summed E-state index contributed by atoms with van der Waals surface area (Å²) in [5.41, 5.74) is 1.17. The fraction of sp³-hybridized carbons (Fsp3) is 0.0769. The number of ketones is 1. The molecule has 1 heterocycles. The molecule has 0 atom stereocenters. The largest absolute Gasteiger partial charge is 0.289 e. The summed E-state index contributed by atoms with van der Waals surface area (Å²) in [4.78, 5) is 11.7. The predicted molar refractivity (Wildman–Crippen MR) is 63.0 cm³/mol. The van der Waals surface area contributed by atoms with Gasteiger partial charge in [0.25, 0.3) is 0 Å². The lowest BCUT2D eigenvalue weighted by Crippen LogP contribution is -1.94. The molecule has 0 aliphatic heterocycles. The van der Waals surface area contributed by atoms with Crippen LogP contribution in [0, 0.1) is 5.82 Å². The van der Waals surface area contributed by atoms with E-state index in [1.165, 1.54) is 24.3 Å². The molecule has 2 aromatic rings. The number of nitrogens with zero attached hydrogens (tertiary/aromatic N) is 2. The van der Waals surface area contributed by atoms with Gasteiger partial charge in [0.1, 0.15) is 5.82 Å². The van der Waals surface area contributed by atoms with Crippen molar-refractivity contribution in [1.29, 1.82) is 0 Å². The standard InChI is InChI=1S/C13H11FN2O/c1-16-9-10(8-15-16)5-6-13(17)11-3-2-4-12(14)7-11/h2-9H,1H3/b6-5+. The van der Waals surface area contributed by atoms with E-state index in [1.807, 2.05) is 0 Å². The van der Waals surface area contributed by atoms with Crippen molar-refractivity contribution >= 4 is 11.9 Å². The summed E-state index contributed by atoms with van der Waals surface area (Å²) in [5, 5.41) is 3.98. The maximum Gasteiger partial charge on any atom is 0.185 e. The van der Waals surface area contributed by atoms with E-state index in [9.17, 15) is 9.18 Å². The van der Waals surface area contributed by atoms with Crippen LogP contribution in [0.4, 0.5) is 4.39 Å². The third-order valence-corrected chi connectivity index (χ3v) is 2.26. The number of carbonyl (C=O) groups is 1. The number of benzene rings is 1. The van der Waals surface area contributed by atoms with E-state index < -0.39 is 5.82 Å². The highest BCUT2D eigenvalue weighted by Gasteiger charge is 2.02. The van der Waals surface area contributed by atoms with Gasteiger partial charge in [-0.3, -0.25) is 9.48 Å². The number of aryl methyl sites for hydroxylation is 1. The SMILES string of the molecule is Cn1cc(/C=C/C(=O)c2cccc(F)c2)cn1. The summed E-state index contributed by atoms with van der Waals surface area (Å²) in [5.74, 6) is -0.640. The lowest BCUT2D eigenvalue weighted by atomic mass is 10.1. The molecule has 0 spiro atoms. The number of halogens is 1. The number of allylic oxidation sites excluding steroid dienone is 1. The molecular formula is C13H11FN2O. The molecule has 0 amide bonds. The van der Waals surface area contributed by atoms with Gasteiger partial charge >= 0.3 is 0 Å². The van der Waals surface area contributed by atoms with E-state index in [1.54, 1.807) is 36.3 Å². The van der Waals surface area contributed by atoms with Crippen LogP contribution in [0.1, 0.15) is 15.9 Å². The normalized spacial score (nSPS) is 10.9. The van der Waals surface area contributed by atoms with Crippen LogP contribution in [0.15, 0.2) is 42.7 Å². The predicted octanol–water partition coefficient (Wildman–Crippen LogP) is 2.46. The molecule has 0 aliphatic carbocycles. The summed E-state index contributed by atoms with van der Waals surface area (Å²) in [6.45, 7) is 0. The van der Waals surface area contributed by atoms with E-state index in [2.05, 4.69) is 5.10 Å². The molecule has 0 saturated carbocycles. The van der Waals surface area contributed by atoms with Crippen molar-refractivity contribution in [1.82, 2.24) is 9.78 Å². The van der Waals surface area contributed by atoms with Crippen LogP contribution in [0.5, 0.6) is 0 Å². The van der Waals surface area contributed by atoms with Crippen molar-refractivity contribution in [2.75, 3.05) is 0 Å². The van der Waals surface area contributed by atoms with E-state index in [0.29, 0.717) is 5.56 Å². The lowest BCUT2D eigenvalue weighted by Gasteiger charge is -1.94. The Labute approximate surface area is 98.2 Å². The van der Waals surface area contributed by atoms with Crippen molar-refractivity contribution in [3.8, 4) is 0 Å². The molecule has 1 aromatic heterocycles. The van der Waals surface area contributed by atoms with Gasteiger partial charge in [0.05, 0.1) is 6.20 Å². The quantitative estimate of drug-likeness (QED) is 0.599. The second-order valence-corrected chi connectivity index (χ2v) is 3.66. The van der Waals surface area contributed by atoms with Crippen LogP contribution in [-0.2, 0) is 7.05 Å². The van der Waals surface area contributed by atoms with Crippen LogP contribution in [0.25, 0.3) is 6.08 Å². The van der Waals surface area contributed by atoms with Crippen molar-refractivity contribution in [2.24, 2.45) is 7.05 Å². The average molecular weight is 230 g/mol. The molecule has 17 heavy (non-hydrogen) atoms. The second kappa shape index (κ2) is 4.74. The molecule has 0 N–H and O–H groups in total.